The lowest BCUT2D eigenvalue weighted by molar-refractivity contribution is -0.138. The van der Waals surface area contributed by atoms with Gasteiger partial charge >= 0.3 is 5.97 Å². The predicted molar refractivity (Wildman–Crippen MR) is 80.3 cm³/mol. The first-order valence-corrected chi connectivity index (χ1v) is 6.65. The molecule has 22 heavy (non-hydrogen) atoms. The Morgan fingerprint density at radius 3 is 2.73 bits per heavy atom. The standard InChI is InChI=1S/C15H14N4O3/c16-12(15(21)22)4-8-5-17-13-10(8)2-1-3-11(13)14-18-6-9(20)7-19-14/h1-3,5-7,12,17,20H,4,16H2,(H,21,22)/t12-/m0/s1. The molecule has 0 radical (unpaired) electrons. The van der Waals surface area contributed by atoms with Crippen molar-refractivity contribution in [1.82, 2.24) is 15.0 Å². The molecule has 3 rings (SSSR count). The number of H-pyrrole nitrogens is 1. The van der Waals surface area contributed by atoms with Crippen LogP contribution in [0.2, 0.25) is 0 Å². The van der Waals surface area contributed by atoms with Crippen LogP contribution in [0.3, 0.4) is 0 Å². The third-order valence-electron chi connectivity index (χ3n) is 3.44. The van der Waals surface area contributed by atoms with Gasteiger partial charge in [-0.05, 0) is 11.6 Å². The highest BCUT2D eigenvalue weighted by Gasteiger charge is 2.16. The highest BCUT2D eigenvalue weighted by molar-refractivity contribution is 5.95. The van der Waals surface area contributed by atoms with E-state index in [2.05, 4.69) is 15.0 Å². The topological polar surface area (TPSA) is 125 Å². The van der Waals surface area contributed by atoms with Crippen LogP contribution in [0.4, 0.5) is 0 Å². The molecule has 2 heterocycles. The molecule has 1 aromatic carbocycles. The Kier molecular flexibility index (Phi) is 3.48. The van der Waals surface area contributed by atoms with Crippen molar-refractivity contribution in [2.45, 2.75) is 12.5 Å². The van der Waals surface area contributed by atoms with Crippen LogP contribution in [0.25, 0.3) is 22.3 Å². The summed E-state index contributed by atoms with van der Waals surface area (Å²) in [6, 6.07) is 4.64. The molecule has 3 aromatic rings. The number of hydrogen-bond donors (Lipinski definition) is 4. The van der Waals surface area contributed by atoms with Gasteiger partial charge in [0.15, 0.2) is 11.6 Å². The van der Waals surface area contributed by atoms with E-state index < -0.39 is 12.0 Å². The lowest BCUT2D eigenvalue weighted by Gasteiger charge is -2.06. The van der Waals surface area contributed by atoms with Gasteiger partial charge in [0, 0.05) is 23.6 Å². The number of nitrogens with two attached hydrogens (primary N) is 1. The average molecular weight is 298 g/mol. The van der Waals surface area contributed by atoms with E-state index in [0.29, 0.717) is 5.82 Å². The molecule has 0 spiro atoms. The van der Waals surface area contributed by atoms with Crippen molar-refractivity contribution in [2.24, 2.45) is 5.73 Å². The number of nitrogens with zero attached hydrogens (tertiary/aromatic N) is 2. The molecule has 0 amide bonds. The number of carbonyl (C=O) groups is 1. The number of nitrogens with one attached hydrogen (secondary N) is 1. The summed E-state index contributed by atoms with van der Waals surface area (Å²) in [6.07, 6.45) is 4.63. The van der Waals surface area contributed by atoms with Gasteiger partial charge in [-0.1, -0.05) is 12.1 Å². The van der Waals surface area contributed by atoms with Crippen molar-refractivity contribution in [2.75, 3.05) is 0 Å². The SMILES string of the molecule is N[C@@H](Cc1c[nH]c2c(-c3ncc(O)cn3)cccc12)C(=O)O. The maximum absolute atomic E-state index is 10.9. The van der Waals surface area contributed by atoms with Gasteiger partial charge in [0.2, 0.25) is 0 Å². The molecule has 0 saturated heterocycles. The van der Waals surface area contributed by atoms with Crippen molar-refractivity contribution in [3.8, 4) is 17.1 Å². The number of hydrogen-bond acceptors (Lipinski definition) is 5. The molecular weight excluding hydrogens is 284 g/mol. The molecular formula is C15H14N4O3. The van der Waals surface area contributed by atoms with Crippen LogP contribution in [0.15, 0.2) is 36.8 Å². The number of aromatic amines is 1. The van der Waals surface area contributed by atoms with E-state index in [0.717, 1.165) is 22.0 Å². The van der Waals surface area contributed by atoms with Crippen molar-refractivity contribution in [3.63, 3.8) is 0 Å². The maximum Gasteiger partial charge on any atom is 0.320 e. The molecule has 7 heteroatoms. The molecule has 0 aliphatic carbocycles. The first-order valence-electron chi connectivity index (χ1n) is 6.65. The quantitative estimate of drug-likeness (QED) is 0.575. The summed E-state index contributed by atoms with van der Waals surface area (Å²) >= 11 is 0. The fourth-order valence-electron chi connectivity index (χ4n) is 2.35. The maximum atomic E-state index is 10.9. The van der Waals surface area contributed by atoms with Gasteiger partial charge < -0.3 is 20.9 Å². The Morgan fingerprint density at radius 1 is 1.32 bits per heavy atom. The third-order valence-corrected chi connectivity index (χ3v) is 3.44. The van der Waals surface area contributed by atoms with Crippen LogP contribution in [0, 0.1) is 0 Å². The zero-order chi connectivity index (χ0) is 15.7. The normalized spacial score (nSPS) is 12.4. The van der Waals surface area contributed by atoms with Gasteiger partial charge in [-0.3, -0.25) is 4.79 Å². The van der Waals surface area contributed by atoms with Gasteiger partial charge in [0.25, 0.3) is 0 Å². The zero-order valence-corrected chi connectivity index (χ0v) is 11.5. The van der Waals surface area contributed by atoms with E-state index in [1.54, 1.807) is 6.20 Å². The number of para-hydroxylation sites is 1. The van der Waals surface area contributed by atoms with Crippen LogP contribution >= 0.6 is 0 Å². The van der Waals surface area contributed by atoms with Crippen molar-refractivity contribution in [1.29, 1.82) is 0 Å². The lowest BCUT2D eigenvalue weighted by Crippen LogP contribution is -2.32. The monoisotopic (exact) mass is 298 g/mol. The summed E-state index contributed by atoms with van der Waals surface area (Å²) in [7, 11) is 0. The molecule has 0 unspecified atom stereocenters. The number of aliphatic carboxylic acids is 1. The predicted octanol–water partition coefficient (Wildman–Crippen LogP) is 1.28. The summed E-state index contributed by atoms with van der Waals surface area (Å²) in [5.41, 5.74) is 8.00. The fraction of sp³-hybridized carbons (Fsp3) is 0.133. The molecule has 5 N–H and O–H groups in total. The summed E-state index contributed by atoms with van der Waals surface area (Å²) in [4.78, 5) is 22.2. The Labute approximate surface area is 125 Å². The zero-order valence-electron chi connectivity index (χ0n) is 11.5. The Hall–Kier alpha value is -2.93. The molecule has 0 aliphatic rings. The largest absolute Gasteiger partial charge is 0.505 e. The number of carboxylic acid groups (broad SMARTS) is 1. The fourth-order valence-corrected chi connectivity index (χ4v) is 2.35. The second-order valence-electron chi connectivity index (χ2n) is 4.96. The summed E-state index contributed by atoms with van der Waals surface area (Å²) in [5, 5.41) is 19.1. The van der Waals surface area contributed by atoms with Gasteiger partial charge in [-0.2, -0.15) is 0 Å². The lowest BCUT2D eigenvalue weighted by atomic mass is 10.0. The van der Waals surface area contributed by atoms with E-state index in [1.807, 2.05) is 18.2 Å². The van der Waals surface area contributed by atoms with Gasteiger partial charge in [0.05, 0.1) is 17.9 Å². The molecule has 2 aromatic heterocycles. The van der Waals surface area contributed by atoms with Gasteiger partial charge in [-0.15, -0.1) is 0 Å². The van der Waals surface area contributed by atoms with Crippen LogP contribution in [0.5, 0.6) is 5.75 Å². The van der Waals surface area contributed by atoms with Crippen molar-refractivity contribution < 1.29 is 15.0 Å². The van der Waals surface area contributed by atoms with Crippen molar-refractivity contribution >= 4 is 16.9 Å². The summed E-state index contributed by atoms with van der Waals surface area (Å²) in [5.74, 6) is -0.567. The minimum atomic E-state index is -1.03. The van der Waals surface area contributed by atoms with Crippen LogP contribution in [-0.4, -0.2) is 37.2 Å². The summed E-state index contributed by atoms with van der Waals surface area (Å²) < 4.78 is 0. The second kappa shape index (κ2) is 5.45. The number of aromatic hydroxyl groups is 1. The number of fused-ring (bicyclic) bond motifs is 1. The van der Waals surface area contributed by atoms with Crippen LogP contribution in [-0.2, 0) is 11.2 Å². The molecule has 0 aliphatic heterocycles. The molecule has 7 nitrogen and oxygen atoms in total. The van der Waals surface area contributed by atoms with E-state index in [4.69, 9.17) is 10.8 Å². The molecule has 1 atom stereocenters. The van der Waals surface area contributed by atoms with Crippen LogP contribution < -0.4 is 5.73 Å². The van der Waals surface area contributed by atoms with E-state index >= 15 is 0 Å². The first-order chi connectivity index (χ1) is 10.6. The smallest absolute Gasteiger partial charge is 0.320 e. The Bertz CT molecular complexity index is 826. The number of benzene rings is 1. The third kappa shape index (κ3) is 2.49. The van der Waals surface area contributed by atoms with Crippen LogP contribution in [0.1, 0.15) is 5.56 Å². The van der Waals surface area contributed by atoms with Gasteiger partial charge in [-0.25, -0.2) is 9.97 Å². The van der Waals surface area contributed by atoms with Crippen molar-refractivity contribution in [3.05, 3.63) is 42.4 Å². The minimum Gasteiger partial charge on any atom is -0.505 e. The first kappa shape index (κ1) is 14.0. The molecule has 0 bridgehead atoms. The highest BCUT2D eigenvalue weighted by atomic mass is 16.4. The van der Waals surface area contributed by atoms with Gasteiger partial charge in [0.1, 0.15) is 6.04 Å². The Morgan fingerprint density at radius 2 is 2.05 bits per heavy atom. The van der Waals surface area contributed by atoms with E-state index in [9.17, 15) is 9.90 Å². The molecule has 0 fully saturated rings. The number of rotatable bonds is 4. The minimum absolute atomic E-state index is 0.00414. The Balaban J connectivity index is 2.05. The molecule has 0 saturated carbocycles. The molecule has 112 valence electrons. The number of carboxylic acids is 1. The van der Waals surface area contributed by atoms with E-state index in [-0.39, 0.29) is 12.2 Å². The highest BCUT2D eigenvalue weighted by Crippen LogP contribution is 2.28. The summed E-state index contributed by atoms with van der Waals surface area (Å²) in [6.45, 7) is 0. The number of aromatic nitrogens is 3. The second-order valence-corrected chi connectivity index (χ2v) is 4.96. The average Bonchev–Trinajstić information content (AvgIpc) is 2.91. The van der Waals surface area contributed by atoms with E-state index in [1.165, 1.54) is 12.4 Å².